The molecule has 108 valence electrons. The summed E-state index contributed by atoms with van der Waals surface area (Å²) >= 11 is 0. The summed E-state index contributed by atoms with van der Waals surface area (Å²) in [6.45, 7) is 0.162. The van der Waals surface area contributed by atoms with Crippen LogP contribution in [-0.4, -0.2) is 42.9 Å². The fourth-order valence-electron chi connectivity index (χ4n) is 2.89. The summed E-state index contributed by atoms with van der Waals surface area (Å²) in [4.78, 5) is 22.7. The molecule has 0 radical (unpaired) electrons. The molecule has 2 fully saturated rings. The first-order valence-electron chi connectivity index (χ1n) is 6.62. The molecule has 0 bridgehead atoms. The first-order valence-corrected chi connectivity index (χ1v) is 8.34. The number of amides is 1. The van der Waals surface area contributed by atoms with Gasteiger partial charge in [0.1, 0.15) is 0 Å². The lowest BCUT2D eigenvalue weighted by atomic mass is 10.0. The van der Waals surface area contributed by atoms with Crippen molar-refractivity contribution >= 4 is 21.7 Å². The standard InChI is InChI=1S/C12H19NO5S/c14-11(8-3-4-9(6-8)12(15)16)13-7-10-2-1-5-19(10,17)18/h8-10H,1-7H2,(H,13,14)(H,15,16)/t8-,9+,10?/m1/s1. The van der Waals surface area contributed by atoms with E-state index in [1.165, 1.54) is 0 Å². The number of carboxylic acids is 1. The number of carbonyl (C=O) groups excluding carboxylic acids is 1. The Balaban J connectivity index is 1.81. The quantitative estimate of drug-likeness (QED) is 0.769. The number of rotatable bonds is 4. The van der Waals surface area contributed by atoms with Crippen molar-refractivity contribution in [2.75, 3.05) is 12.3 Å². The number of carbonyl (C=O) groups is 2. The second-order valence-electron chi connectivity index (χ2n) is 5.42. The summed E-state index contributed by atoms with van der Waals surface area (Å²) in [5, 5.41) is 11.1. The minimum atomic E-state index is -3.04. The zero-order valence-corrected chi connectivity index (χ0v) is 11.5. The Hall–Kier alpha value is -1.11. The molecule has 1 unspecified atom stereocenters. The molecule has 1 amide bonds. The van der Waals surface area contributed by atoms with Crippen LogP contribution in [0.15, 0.2) is 0 Å². The van der Waals surface area contributed by atoms with Gasteiger partial charge in [-0.05, 0) is 32.1 Å². The second-order valence-corrected chi connectivity index (χ2v) is 7.82. The van der Waals surface area contributed by atoms with E-state index in [-0.39, 0.29) is 24.1 Å². The molecule has 1 aliphatic heterocycles. The van der Waals surface area contributed by atoms with E-state index < -0.39 is 27.0 Å². The van der Waals surface area contributed by atoms with Crippen LogP contribution in [-0.2, 0) is 19.4 Å². The maximum absolute atomic E-state index is 11.9. The first-order chi connectivity index (χ1) is 8.90. The molecular weight excluding hydrogens is 270 g/mol. The largest absolute Gasteiger partial charge is 0.481 e. The van der Waals surface area contributed by atoms with Crippen LogP contribution in [0, 0.1) is 11.8 Å². The minimum Gasteiger partial charge on any atom is -0.481 e. The smallest absolute Gasteiger partial charge is 0.306 e. The molecule has 1 aliphatic carbocycles. The number of hydrogen-bond acceptors (Lipinski definition) is 4. The Bertz CT molecular complexity index is 473. The van der Waals surface area contributed by atoms with Crippen LogP contribution in [0.5, 0.6) is 0 Å². The van der Waals surface area contributed by atoms with Gasteiger partial charge in [-0.1, -0.05) is 0 Å². The Labute approximate surface area is 112 Å². The van der Waals surface area contributed by atoms with Crippen LogP contribution in [0.3, 0.4) is 0 Å². The molecule has 6 nitrogen and oxygen atoms in total. The summed E-state index contributed by atoms with van der Waals surface area (Å²) in [6.07, 6.45) is 2.71. The highest BCUT2D eigenvalue weighted by molar-refractivity contribution is 7.92. The highest BCUT2D eigenvalue weighted by atomic mass is 32.2. The van der Waals surface area contributed by atoms with Crippen LogP contribution in [0.4, 0.5) is 0 Å². The highest BCUT2D eigenvalue weighted by Gasteiger charge is 2.35. The van der Waals surface area contributed by atoms with Crippen molar-refractivity contribution in [3.05, 3.63) is 0 Å². The number of hydrogen-bond donors (Lipinski definition) is 2. The average molecular weight is 289 g/mol. The van der Waals surface area contributed by atoms with Crippen molar-refractivity contribution in [2.45, 2.75) is 37.4 Å². The van der Waals surface area contributed by atoms with E-state index in [9.17, 15) is 18.0 Å². The number of aliphatic carboxylic acids is 1. The summed E-state index contributed by atoms with van der Waals surface area (Å²) in [7, 11) is -3.04. The number of sulfone groups is 1. The Morgan fingerprint density at radius 3 is 2.37 bits per heavy atom. The molecule has 19 heavy (non-hydrogen) atoms. The van der Waals surface area contributed by atoms with Crippen molar-refractivity contribution in [3.63, 3.8) is 0 Å². The molecule has 1 saturated carbocycles. The average Bonchev–Trinajstić information content (AvgIpc) is 2.92. The topological polar surface area (TPSA) is 101 Å². The maximum atomic E-state index is 11.9. The fourth-order valence-corrected chi connectivity index (χ4v) is 4.66. The van der Waals surface area contributed by atoms with Gasteiger partial charge in [-0.2, -0.15) is 0 Å². The maximum Gasteiger partial charge on any atom is 0.306 e. The van der Waals surface area contributed by atoms with Crippen LogP contribution < -0.4 is 5.32 Å². The van der Waals surface area contributed by atoms with Crippen molar-refractivity contribution < 1.29 is 23.1 Å². The Morgan fingerprint density at radius 1 is 1.16 bits per heavy atom. The minimum absolute atomic E-state index is 0.162. The molecule has 0 aromatic rings. The molecule has 1 heterocycles. The van der Waals surface area contributed by atoms with Crippen LogP contribution in [0.25, 0.3) is 0 Å². The number of carboxylic acid groups (broad SMARTS) is 1. The van der Waals surface area contributed by atoms with Crippen molar-refractivity contribution in [1.82, 2.24) is 5.32 Å². The van der Waals surface area contributed by atoms with E-state index in [1.54, 1.807) is 0 Å². The molecule has 0 aromatic heterocycles. The van der Waals surface area contributed by atoms with Crippen molar-refractivity contribution in [2.24, 2.45) is 11.8 Å². The first kappa shape index (κ1) is 14.3. The van der Waals surface area contributed by atoms with Gasteiger partial charge in [-0.25, -0.2) is 8.42 Å². The van der Waals surface area contributed by atoms with Gasteiger partial charge >= 0.3 is 5.97 Å². The van der Waals surface area contributed by atoms with Crippen molar-refractivity contribution in [1.29, 1.82) is 0 Å². The summed E-state index contributed by atoms with van der Waals surface area (Å²) in [5.74, 6) is -1.58. The van der Waals surface area contributed by atoms with Gasteiger partial charge < -0.3 is 10.4 Å². The molecule has 3 atom stereocenters. The molecule has 2 aliphatic rings. The lowest BCUT2D eigenvalue weighted by molar-refractivity contribution is -0.141. The molecule has 0 aromatic carbocycles. The van der Waals surface area contributed by atoms with Gasteiger partial charge in [-0.3, -0.25) is 9.59 Å². The van der Waals surface area contributed by atoms with Gasteiger partial charge in [0, 0.05) is 12.5 Å². The lowest BCUT2D eigenvalue weighted by Crippen LogP contribution is -2.37. The molecule has 0 spiro atoms. The zero-order valence-electron chi connectivity index (χ0n) is 10.7. The predicted octanol–water partition coefficient (Wildman–Crippen LogP) is 0.181. The van der Waals surface area contributed by atoms with E-state index >= 15 is 0 Å². The van der Waals surface area contributed by atoms with Gasteiger partial charge in [0.15, 0.2) is 9.84 Å². The van der Waals surface area contributed by atoms with Gasteiger partial charge in [-0.15, -0.1) is 0 Å². The molecule has 7 heteroatoms. The van der Waals surface area contributed by atoms with E-state index in [4.69, 9.17) is 5.11 Å². The highest BCUT2D eigenvalue weighted by Crippen LogP contribution is 2.31. The summed E-state index contributed by atoms with van der Waals surface area (Å²) < 4.78 is 23.2. The van der Waals surface area contributed by atoms with Crippen LogP contribution in [0.1, 0.15) is 32.1 Å². The van der Waals surface area contributed by atoms with E-state index in [0.29, 0.717) is 32.1 Å². The molecule has 2 N–H and O–H groups in total. The second kappa shape index (κ2) is 5.48. The van der Waals surface area contributed by atoms with E-state index in [2.05, 4.69) is 5.32 Å². The summed E-state index contributed by atoms with van der Waals surface area (Å²) in [6, 6.07) is 0. The number of nitrogens with one attached hydrogen (secondary N) is 1. The third-order valence-electron chi connectivity index (χ3n) is 4.12. The molecule has 1 saturated heterocycles. The lowest BCUT2D eigenvalue weighted by Gasteiger charge is -2.14. The zero-order chi connectivity index (χ0) is 14.0. The molecular formula is C12H19NO5S. The van der Waals surface area contributed by atoms with Gasteiger partial charge in [0.2, 0.25) is 5.91 Å². The monoisotopic (exact) mass is 289 g/mol. The fraction of sp³-hybridized carbons (Fsp3) is 0.833. The third kappa shape index (κ3) is 3.26. The van der Waals surface area contributed by atoms with Crippen molar-refractivity contribution in [3.8, 4) is 0 Å². The van der Waals surface area contributed by atoms with Crippen LogP contribution >= 0.6 is 0 Å². The SMILES string of the molecule is O=C(O)[C@H]1CC[C@@H](C(=O)NCC2CCCS2(=O)=O)C1. The molecule has 2 rings (SSSR count). The normalized spacial score (nSPS) is 33.2. The van der Waals surface area contributed by atoms with Crippen LogP contribution in [0.2, 0.25) is 0 Å². The Morgan fingerprint density at radius 2 is 1.84 bits per heavy atom. The predicted molar refractivity (Wildman–Crippen MR) is 68.3 cm³/mol. The van der Waals surface area contributed by atoms with Gasteiger partial charge in [0.05, 0.1) is 16.9 Å². The third-order valence-corrected chi connectivity index (χ3v) is 6.40. The summed E-state index contributed by atoms with van der Waals surface area (Å²) in [5.41, 5.74) is 0. The Kier molecular flexibility index (Phi) is 4.13. The van der Waals surface area contributed by atoms with E-state index in [0.717, 1.165) is 0 Å². The van der Waals surface area contributed by atoms with Gasteiger partial charge in [0.25, 0.3) is 0 Å². The van der Waals surface area contributed by atoms with E-state index in [1.807, 2.05) is 0 Å².